The topological polar surface area (TPSA) is 83.2 Å². The van der Waals surface area contributed by atoms with Gasteiger partial charge in [0, 0.05) is 24.2 Å². The highest BCUT2D eigenvalue weighted by molar-refractivity contribution is 5.92. The SMILES string of the molecule is COc1ccc2c(=O)c(NC(=O)NCC3CC3)c[nH]c2c1. The Bertz CT molecular complexity index is 735. The van der Waals surface area contributed by atoms with Crippen LogP contribution in [0.2, 0.25) is 0 Å². The number of hydrogen-bond donors (Lipinski definition) is 3. The molecule has 6 heteroatoms. The second-order valence-electron chi connectivity index (χ2n) is 5.22. The highest BCUT2D eigenvalue weighted by atomic mass is 16.5. The third-order valence-electron chi connectivity index (χ3n) is 3.58. The Morgan fingerprint density at radius 2 is 2.24 bits per heavy atom. The number of aromatic nitrogens is 1. The number of anilines is 1. The minimum atomic E-state index is -0.347. The van der Waals surface area contributed by atoms with Gasteiger partial charge < -0.3 is 20.4 Å². The third kappa shape index (κ3) is 2.99. The Kier molecular flexibility index (Phi) is 3.51. The number of benzene rings is 1. The molecule has 110 valence electrons. The van der Waals surface area contributed by atoms with Crippen LogP contribution in [0.1, 0.15) is 12.8 Å². The van der Waals surface area contributed by atoms with E-state index in [1.54, 1.807) is 25.3 Å². The van der Waals surface area contributed by atoms with Crippen LogP contribution in [0, 0.1) is 5.92 Å². The van der Waals surface area contributed by atoms with Crippen molar-refractivity contribution in [3.8, 4) is 5.75 Å². The molecule has 0 aliphatic heterocycles. The van der Waals surface area contributed by atoms with E-state index in [0.29, 0.717) is 29.1 Å². The molecule has 2 aromatic rings. The fourth-order valence-electron chi connectivity index (χ4n) is 2.15. The first-order valence-electron chi connectivity index (χ1n) is 6.91. The van der Waals surface area contributed by atoms with Gasteiger partial charge in [-0.2, -0.15) is 0 Å². The van der Waals surface area contributed by atoms with E-state index in [-0.39, 0.29) is 17.1 Å². The average Bonchev–Trinajstić information content (AvgIpc) is 3.32. The summed E-state index contributed by atoms with van der Waals surface area (Å²) >= 11 is 0. The van der Waals surface area contributed by atoms with Crippen molar-refractivity contribution in [2.24, 2.45) is 5.92 Å². The number of nitrogens with one attached hydrogen (secondary N) is 3. The van der Waals surface area contributed by atoms with E-state index in [1.165, 1.54) is 19.0 Å². The summed E-state index contributed by atoms with van der Waals surface area (Å²) in [7, 11) is 1.57. The van der Waals surface area contributed by atoms with Crippen LogP contribution in [0.5, 0.6) is 5.75 Å². The molecule has 1 saturated carbocycles. The molecule has 3 N–H and O–H groups in total. The highest BCUT2D eigenvalue weighted by Gasteiger charge is 2.21. The average molecular weight is 287 g/mol. The molecule has 0 bridgehead atoms. The second-order valence-corrected chi connectivity index (χ2v) is 5.22. The van der Waals surface area contributed by atoms with Gasteiger partial charge in [0.05, 0.1) is 12.6 Å². The van der Waals surface area contributed by atoms with Gasteiger partial charge in [-0.05, 0) is 30.9 Å². The normalized spacial score (nSPS) is 14.0. The molecule has 0 spiro atoms. The van der Waals surface area contributed by atoms with Crippen LogP contribution >= 0.6 is 0 Å². The van der Waals surface area contributed by atoms with Gasteiger partial charge in [0.25, 0.3) is 0 Å². The van der Waals surface area contributed by atoms with Crippen molar-refractivity contribution in [3.63, 3.8) is 0 Å². The number of carbonyl (C=O) groups excluding carboxylic acids is 1. The number of rotatable bonds is 4. The summed E-state index contributed by atoms with van der Waals surface area (Å²) in [4.78, 5) is 27.0. The van der Waals surface area contributed by atoms with E-state index in [4.69, 9.17) is 4.74 Å². The Labute approximate surface area is 121 Å². The molecule has 1 aromatic heterocycles. The van der Waals surface area contributed by atoms with Gasteiger partial charge in [0.2, 0.25) is 5.43 Å². The Balaban J connectivity index is 1.80. The molecule has 0 unspecified atom stereocenters. The van der Waals surface area contributed by atoms with Gasteiger partial charge in [-0.1, -0.05) is 0 Å². The lowest BCUT2D eigenvalue weighted by molar-refractivity contribution is 0.251. The lowest BCUT2D eigenvalue weighted by atomic mass is 10.2. The zero-order chi connectivity index (χ0) is 14.8. The predicted molar refractivity (Wildman–Crippen MR) is 80.9 cm³/mol. The van der Waals surface area contributed by atoms with Crippen LogP contribution in [-0.4, -0.2) is 24.7 Å². The van der Waals surface area contributed by atoms with Crippen LogP contribution in [-0.2, 0) is 0 Å². The molecular weight excluding hydrogens is 270 g/mol. The number of H-pyrrole nitrogens is 1. The zero-order valence-electron chi connectivity index (χ0n) is 11.7. The van der Waals surface area contributed by atoms with Crippen molar-refractivity contribution >= 4 is 22.6 Å². The van der Waals surface area contributed by atoms with Gasteiger partial charge in [0.15, 0.2) is 0 Å². The molecule has 2 amide bonds. The Morgan fingerprint density at radius 1 is 1.43 bits per heavy atom. The largest absolute Gasteiger partial charge is 0.497 e. The Hall–Kier alpha value is -2.50. The Morgan fingerprint density at radius 3 is 2.95 bits per heavy atom. The number of amides is 2. The lowest BCUT2D eigenvalue weighted by Gasteiger charge is -2.08. The zero-order valence-corrected chi connectivity index (χ0v) is 11.7. The van der Waals surface area contributed by atoms with E-state index in [2.05, 4.69) is 15.6 Å². The van der Waals surface area contributed by atoms with E-state index in [1.807, 2.05) is 0 Å². The smallest absolute Gasteiger partial charge is 0.319 e. The van der Waals surface area contributed by atoms with Gasteiger partial charge >= 0.3 is 6.03 Å². The number of carbonyl (C=O) groups is 1. The molecular formula is C15H17N3O3. The van der Waals surface area contributed by atoms with Gasteiger partial charge in [-0.15, -0.1) is 0 Å². The predicted octanol–water partition coefficient (Wildman–Crippen LogP) is 2.07. The first kappa shape index (κ1) is 13.5. The molecule has 1 aromatic carbocycles. The number of ether oxygens (including phenoxy) is 1. The first-order chi connectivity index (χ1) is 10.2. The third-order valence-corrected chi connectivity index (χ3v) is 3.58. The minimum Gasteiger partial charge on any atom is -0.497 e. The number of fused-ring (bicyclic) bond motifs is 1. The second kappa shape index (κ2) is 5.47. The maximum absolute atomic E-state index is 12.3. The maximum Gasteiger partial charge on any atom is 0.319 e. The summed E-state index contributed by atoms with van der Waals surface area (Å²) in [6, 6.07) is 4.79. The van der Waals surface area contributed by atoms with Gasteiger partial charge in [-0.25, -0.2) is 4.79 Å². The molecule has 1 fully saturated rings. The minimum absolute atomic E-state index is 0.215. The van der Waals surface area contributed by atoms with Crippen molar-refractivity contribution in [1.29, 1.82) is 0 Å². The van der Waals surface area contributed by atoms with Crippen LogP contribution in [0.15, 0.2) is 29.2 Å². The van der Waals surface area contributed by atoms with E-state index in [0.717, 1.165) is 0 Å². The van der Waals surface area contributed by atoms with Crippen molar-refractivity contribution < 1.29 is 9.53 Å². The number of urea groups is 1. The van der Waals surface area contributed by atoms with Crippen molar-refractivity contribution in [2.75, 3.05) is 19.0 Å². The van der Waals surface area contributed by atoms with E-state index >= 15 is 0 Å². The molecule has 0 radical (unpaired) electrons. The summed E-state index contributed by atoms with van der Waals surface area (Å²) in [6.45, 7) is 0.661. The molecule has 1 heterocycles. The molecule has 21 heavy (non-hydrogen) atoms. The van der Waals surface area contributed by atoms with Crippen LogP contribution < -0.4 is 20.8 Å². The van der Waals surface area contributed by atoms with Gasteiger partial charge in [0.1, 0.15) is 11.4 Å². The fourth-order valence-corrected chi connectivity index (χ4v) is 2.15. The van der Waals surface area contributed by atoms with Crippen molar-refractivity contribution in [2.45, 2.75) is 12.8 Å². The standard InChI is InChI=1S/C15H17N3O3/c1-21-10-4-5-11-12(6-10)16-8-13(14(11)19)18-15(20)17-7-9-2-3-9/h4-6,8-9H,2-3,7H2,1H3,(H,16,19)(H2,17,18,20). The van der Waals surface area contributed by atoms with Crippen LogP contribution in [0.4, 0.5) is 10.5 Å². The van der Waals surface area contributed by atoms with Gasteiger partial charge in [-0.3, -0.25) is 4.79 Å². The summed E-state index contributed by atoms with van der Waals surface area (Å²) in [5.74, 6) is 1.26. The fraction of sp³-hybridized carbons (Fsp3) is 0.333. The van der Waals surface area contributed by atoms with Crippen LogP contribution in [0.25, 0.3) is 10.9 Å². The maximum atomic E-state index is 12.3. The lowest BCUT2D eigenvalue weighted by Crippen LogP contribution is -2.32. The molecule has 1 aliphatic rings. The van der Waals surface area contributed by atoms with E-state index < -0.39 is 0 Å². The molecule has 6 nitrogen and oxygen atoms in total. The monoisotopic (exact) mass is 287 g/mol. The number of aromatic amines is 1. The summed E-state index contributed by atoms with van der Waals surface area (Å²) < 4.78 is 5.12. The molecule has 0 saturated heterocycles. The number of hydrogen-bond acceptors (Lipinski definition) is 3. The summed E-state index contributed by atoms with van der Waals surface area (Å²) in [6.07, 6.45) is 3.83. The van der Waals surface area contributed by atoms with Crippen molar-refractivity contribution in [3.05, 3.63) is 34.6 Å². The summed E-state index contributed by atoms with van der Waals surface area (Å²) in [5, 5.41) is 5.86. The number of pyridine rings is 1. The molecule has 0 atom stereocenters. The van der Waals surface area contributed by atoms with Crippen molar-refractivity contribution in [1.82, 2.24) is 10.3 Å². The summed E-state index contributed by atoms with van der Waals surface area (Å²) in [5.41, 5.74) is 0.692. The highest BCUT2D eigenvalue weighted by Crippen LogP contribution is 2.27. The quantitative estimate of drug-likeness (QED) is 0.805. The first-order valence-corrected chi connectivity index (χ1v) is 6.91. The molecule has 3 rings (SSSR count). The van der Waals surface area contributed by atoms with E-state index in [9.17, 15) is 9.59 Å². The van der Waals surface area contributed by atoms with Crippen LogP contribution in [0.3, 0.4) is 0 Å². The molecule has 1 aliphatic carbocycles. The number of methoxy groups -OCH3 is 1.